The number of aromatic amines is 1. The molecule has 0 bridgehead atoms. The number of pyridine rings is 1. The second kappa shape index (κ2) is 5.57. The lowest BCUT2D eigenvalue weighted by Gasteiger charge is -2.11. The fourth-order valence-corrected chi connectivity index (χ4v) is 2.08. The summed E-state index contributed by atoms with van der Waals surface area (Å²) in [6.45, 7) is 0. The summed E-state index contributed by atoms with van der Waals surface area (Å²) in [5.41, 5.74) is -1.69. The van der Waals surface area contributed by atoms with Gasteiger partial charge in [-0.15, -0.1) is 0 Å². The van der Waals surface area contributed by atoms with Crippen molar-refractivity contribution >= 4 is 17.9 Å². The molecule has 0 aliphatic carbocycles. The maximum Gasteiger partial charge on any atom is 0.417 e. The second-order valence-electron chi connectivity index (χ2n) is 4.21. The van der Waals surface area contributed by atoms with E-state index in [1.165, 1.54) is 18.2 Å². The van der Waals surface area contributed by atoms with Gasteiger partial charge < -0.3 is 4.98 Å². The van der Waals surface area contributed by atoms with Crippen LogP contribution in [0.25, 0.3) is 11.3 Å². The lowest BCUT2D eigenvalue weighted by molar-refractivity contribution is -0.384. The first-order valence-corrected chi connectivity index (χ1v) is 6.14. The minimum absolute atomic E-state index is 0.0197. The Hall–Kier alpha value is -2.73. The van der Waals surface area contributed by atoms with Crippen molar-refractivity contribution in [3.8, 4) is 17.3 Å². The number of aromatic nitrogens is 1. The Morgan fingerprint density at radius 2 is 1.86 bits per heavy atom. The molecule has 0 fully saturated rings. The number of benzene rings is 1. The molecule has 0 spiro atoms. The number of rotatable bonds is 2. The second-order valence-corrected chi connectivity index (χ2v) is 4.62. The zero-order valence-electron chi connectivity index (χ0n) is 10.6. The third-order valence-corrected chi connectivity index (χ3v) is 3.15. The van der Waals surface area contributed by atoms with Crippen LogP contribution in [0.3, 0.4) is 0 Å². The molecule has 1 heterocycles. The number of nitrogens with one attached hydrogen (secondary N) is 1. The molecule has 0 aliphatic heterocycles. The van der Waals surface area contributed by atoms with Crippen molar-refractivity contribution in [2.75, 3.05) is 0 Å². The Balaban J connectivity index is 2.63. The topological polar surface area (TPSA) is 82.7 Å². The predicted molar refractivity (Wildman–Crippen MR) is 73.4 cm³/mol. The molecule has 0 amide bonds. The summed E-state index contributed by atoms with van der Waals surface area (Å²) < 4.78 is 38.6. The van der Waals surface area contributed by atoms with Crippen molar-refractivity contribution in [3.05, 3.63) is 56.2 Å². The average Bonchev–Trinajstić information content (AvgIpc) is 2.45. The maximum absolute atomic E-state index is 13.0. The van der Waals surface area contributed by atoms with Crippen LogP contribution in [0, 0.1) is 26.1 Å². The molecule has 0 unspecified atom stereocenters. The zero-order chi connectivity index (χ0) is 16.5. The highest BCUT2D eigenvalue weighted by atomic mass is 32.1. The van der Waals surface area contributed by atoms with E-state index >= 15 is 0 Å². The smallest absolute Gasteiger partial charge is 0.345 e. The molecule has 0 saturated heterocycles. The predicted octanol–water partition coefficient (Wildman–Crippen LogP) is 4.21. The van der Waals surface area contributed by atoms with Crippen LogP contribution in [0.4, 0.5) is 18.9 Å². The van der Waals surface area contributed by atoms with Gasteiger partial charge in [-0.3, -0.25) is 10.1 Å². The van der Waals surface area contributed by atoms with Crippen LogP contribution >= 0.6 is 12.2 Å². The third-order valence-electron chi connectivity index (χ3n) is 2.84. The first-order chi connectivity index (χ1) is 10.2. The van der Waals surface area contributed by atoms with E-state index < -0.39 is 22.2 Å². The Labute approximate surface area is 126 Å². The third kappa shape index (κ3) is 2.96. The summed E-state index contributed by atoms with van der Waals surface area (Å²) in [7, 11) is 0. The number of nitriles is 1. The Bertz CT molecular complexity index is 836. The number of nitro groups is 1. The summed E-state index contributed by atoms with van der Waals surface area (Å²) in [5.74, 6) is 0. The van der Waals surface area contributed by atoms with E-state index in [-0.39, 0.29) is 21.6 Å². The Morgan fingerprint density at radius 3 is 2.32 bits per heavy atom. The van der Waals surface area contributed by atoms with Gasteiger partial charge in [-0.1, -0.05) is 12.2 Å². The van der Waals surface area contributed by atoms with Gasteiger partial charge in [-0.05, 0) is 23.8 Å². The van der Waals surface area contributed by atoms with Gasteiger partial charge in [0.2, 0.25) is 0 Å². The van der Waals surface area contributed by atoms with Crippen molar-refractivity contribution in [1.29, 1.82) is 5.26 Å². The van der Waals surface area contributed by atoms with E-state index in [4.69, 9.17) is 17.5 Å². The highest BCUT2D eigenvalue weighted by Gasteiger charge is 2.34. The van der Waals surface area contributed by atoms with Crippen molar-refractivity contribution in [2.45, 2.75) is 6.18 Å². The van der Waals surface area contributed by atoms with E-state index in [2.05, 4.69) is 4.98 Å². The van der Waals surface area contributed by atoms with Crippen LogP contribution in [-0.4, -0.2) is 9.91 Å². The van der Waals surface area contributed by atoms with E-state index in [0.29, 0.717) is 0 Å². The number of alkyl halides is 3. The largest absolute Gasteiger partial charge is 0.417 e. The van der Waals surface area contributed by atoms with Crippen LogP contribution in [-0.2, 0) is 6.18 Å². The lowest BCUT2D eigenvalue weighted by atomic mass is 10.1. The van der Waals surface area contributed by atoms with Crippen molar-refractivity contribution in [2.24, 2.45) is 0 Å². The monoisotopic (exact) mass is 325 g/mol. The minimum Gasteiger partial charge on any atom is -0.345 e. The molecule has 5 nitrogen and oxygen atoms in total. The number of H-pyrrole nitrogens is 1. The summed E-state index contributed by atoms with van der Waals surface area (Å²) in [4.78, 5) is 12.5. The molecule has 0 saturated carbocycles. The van der Waals surface area contributed by atoms with Gasteiger partial charge in [0.15, 0.2) is 0 Å². The van der Waals surface area contributed by atoms with Crippen LogP contribution in [0.15, 0.2) is 30.3 Å². The van der Waals surface area contributed by atoms with E-state index in [0.717, 1.165) is 18.2 Å². The Kier molecular flexibility index (Phi) is 3.97. The number of hydrogen-bond donors (Lipinski definition) is 1. The van der Waals surface area contributed by atoms with E-state index in [1.807, 2.05) is 0 Å². The number of non-ortho nitro benzene ring substituents is 1. The molecule has 1 N–H and O–H groups in total. The highest BCUT2D eigenvalue weighted by molar-refractivity contribution is 7.71. The molecule has 2 aromatic rings. The number of halogens is 3. The van der Waals surface area contributed by atoms with Crippen LogP contribution in [0.5, 0.6) is 0 Å². The van der Waals surface area contributed by atoms with Crippen molar-refractivity contribution < 1.29 is 18.1 Å². The molecular weight excluding hydrogens is 319 g/mol. The van der Waals surface area contributed by atoms with Crippen LogP contribution < -0.4 is 0 Å². The molecule has 0 radical (unpaired) electrons. The fraction of sp³-hybridized carbons (Fsp3) is 0.0769. The lowest BCUT2D eigenvalue weighted by Crippen LogP contribution is -2.09. The standard InChI is InChI=1S/C13H6F3N3O2S/c14-13(15,16)10-5-11(18-12(22)9(10)6-17)7-1-3-8(4-2-7)19(20)21/h1-5H,(H,18,22). The summed E-state index contributed by atoms with van der Waals surface area (Å²) in [6, 6.07) is 7.11. The highest BCUT2D eigenvalue weighted by Crippen LogP contribution is 2.34. The number of nitrogens with zero attached hydrogens (tertiary/aromatic N) is 2. The van der Waals surface area contributed by atoms with E-state index in [1.54, 1.807) is 0 Å². The Morgan fingerprint density at radius 1 is 1.27 bits per heavy atom. The average molecular weight is 325 g/mol. The number of hydrogen-bond acceptors (Lipinski definition) is 4. The molecule has 2 rings (SSSR count). The quantitative estimate of drug-likeness (QED) is 0.509. The van der Waals surface area contributed by atoms with Gasteiger partial charge >= 0.3 is 6.18 Å². The summed E-state index contributed by atoms with van der Waals surface area (Å²) in [6.07, 6.45) is -4.73. The molecule has 1 aromatic carbocycles. The van der Waals surface area contributed by atoms with E-state index in [9.17, 15) is 23.3 Å². The van der Waals surface area contributed by atoms with Crippen molar-refractivity contribution in [1.82, 2.24) is 4.98 Å². The maximum atomic E-state index is 13.0. The van der Waals surface area contributed by atoms with Crippen LogP contribution in [0.2, 0.25) is 0 Å². The van der Waals surface area contributed by atoms with Gasteiger partial charge in [0.25, 0.3) is 5.69 Å². The van der Waals surface area contributed by atoms with Gasteiger partial charge in [0.1, 0.15) is 10.7 Å². The molecule has 112 valence electrons. The first-order valence-electron chi connectivity index (χ1n) is 5.73. The molecular formula is C13H6F3N3O2S. The molecule has 0 aliphatic rings. The summed E-state index contributed by atoms with van der Waals surface area (Å²) in [5, 5.41) is 19.4. The fourth-order valence-electron chi connectivity index (χ4n) is 1.81. The van der Waals surface area contributed by atoms with Gasteiger partial charge in [0.05, 0.1) is 16.1 Å². The zero-order valence-corrected chi connectivity index (χ0v) is 11.5. The molecule has 0 atom stereocenters. The molecule has 1 aromatic heterocycles. The van der Waals surface area contributed by atoms with Crippen molar-refractivity contribution in [3.63, 3.8) is 0 Å². The minimum atomic E-state index is -4.73. The summed E-state index contributed by atoms with van der Waals surface area (Å²) >= 11 is 4.78. The normalized spacial score (nSPS) is 11.0. The van der Waals surface area contributed by atoms with Crippen LogP contribution in [0.1, 0.15) is 11.1 Å². The van der Waals surface area contributed by atoms with Gasteiger partial charge in [-0.2, -0.15) is 18.4 Å². The molecule has 9 heteroatoms. The molecule has 22 heavy (non-hydrogen) atoms. The van der Waals surface area contributed by atoms with Gasteiger partial charge in [-0.25, -0.2) is 0 Å². The van der Waals surface area contributed by atoms with Gasteiger partial charge in [0, 0.05) is 17.8 Å². The SMILES string of the molecule is N#Cc1c(C(F)(F)F)cc(-c2ccc([N+](=O)[O-])cc2)[nH]c1=S. The number of nitro benzene ring substituents is 1. The first kappa shape index (κ1) is 15.7.